The summed E-state index contributed by atoms with van der Waals surface area (Å²) in [6, 6.07) is 3.69. The highest BCUT2D eigenvalue weighted by Crippen LogP contribution is 2.25. The number of nitrogens with two attached hydrogens (primary N) is 1. The Hall–Kier alpha value is -3.02. The van der Waals surface area contributed by atoms with E-state index in [2.05, 4.69) is 33.9 Å². The quantitative estimate of drug-likeness (QED) is 0.186. The Morgan fingerprint density at radius 2 is 1.86 bits per heavy atom. The molecular formula is C25H43N5O6. The fourth-order valence-electron chi connectivity index (χ4n) is 3.34. The van der Waals surface area contributed by atoms with Crippen molar-refractivity contribution in [1.29, 1.82) is 0 Å². The van der Waals surface area contributed by atoms with Crippen LogP contribution in [-0.4, -0.2) is 66.2 Å². The second-order valence-corrected chi connectivity index (χ2v) is 9.19. The number of amides is 3. The molecule has 0 fully saturated rings. The maximum absolute atomic E-state index is 13.1. The lowest BCUT2D eigenvalue weighted by atomic mass is 9.85. The van der Waals surface area contributed by atoms with Crippen LogP contribution in [0, 0.1) is 5.41 Å². The number of rotatable bonds is 14. The van der Waals surface area contributed by atoms with Crippen LogP contribution < -0.4 is 22.0 Å². The van der Waals surface area contributed by atoms with Gasteiger partial charge in [-0.3, -0.25) is 14.4 Å². The van der Waals surface area contributed by atoms with Crippen LogP contribution >= 0.6 is 0 Å². The van der Waals surface area contributed by atoms with Crippen LogP contribution in [0.4, 0.5) is 0 Å². The van der Waals surface area contributed by atoms with Gasteiger partial charge in [0.2, 0.25) is 12.3 Å². The summed E-state index contributed by atoms with van der Waals surface area (Å²) in [5.74, 6) is 4.32. The molecule has 1 aromatic carbocycles. The smallest absolute Gasteiger partial charge is 0.252 e. The molecule has 11 nitrogen and oxygen atoms in total. The SMILES string of the molecule is CCCCN(CC)C(=O)C(NC(=O)c1cccc(O)c1CC)C(C)(C)C.NONC[C@@H](C=O)NC=O. The van der Waals surface area contributed by atoms with Crippen molar-refractivity contribution in [2.75, 3.05) is 19.6 Å². The fraction of sp³-hybridized carbons (Fsp3) is 0.600. The maximum Gasteiger partial charge on any atom is 0.252 e. The van der Waals surface area contributed by atoms with Crippen molar-refractivity contribution in [2.24, 2.45) is 11.3 Å². The van der Waals surface area contributed by atoms with Crippen molar-refractivity contribution >= 4 is 24.5 Å². The highest BCUT2D eigenvalue weighted by molar-refractivity contribution is 5.99. The molecule has 0 saturated heterocycles. The maximum atomic E-state index is 13.1. The third-order valence-corrected chi connectivity index (χ3v) is 5.45. The number of benzene rings is 1. The van der Waals surface area contributed by atoms with Crippen LogP contribution in [0.5, 0.6) is 5.75 Å². The predicted molar refractivity (Wildman–Crippen MR) is 138 cm³/mol. The molecule has 0 aromatic heterocycles. The van der Waals surface area contributed by atoms with E-state index in [9.17, 15) is 24.3 Å². The van der Waals surface area contributed by atoms with E-state index in [1.807, 2.05) is 39.5 Å². The Bertz CT molecular complexity index is 828. The molecule has 6 N–H and O–H groups in total. The van der Waals surface area contributed by atoms with Crippen molar-refractivity contribution in [1.82, 2.24) is 21.0 Å². The molecule has 0 spiro atoms. The number of phenolic OH excluding ortho intramolecular Hbond substituents is 1. The van der Waals surface area contributed by atoms with E-state index < -0.39 is 17.5 Å². The normalized spacial score (nSPS) is 12.4. The molecule has 0 heterocycles. The molecule has 1 rings (SSSR count). The monoisotopic (exact) mass is 509 g/mol. The van der Waals surface area contributed by atoms with E-state index in [0.717, 1.165) is 12.8 Å². The highest BCUT2D eigenvalue weighted by Gasteiger charge is 2.35. The first kappa shape index (κ1) is 33.0. The highest BCUT2D eigenvalue weighted by atomic mass is 16.8. The van der Waals surface area contributed by atoms with Gasteiger partial charge in [0.1, 0.15) is 18.1 Å². The van der Waals surface area contributed by atoms with Gasteiger partial charge in [-0.15, -0.1) is 0 Å². The van der Waals surface area contributed by atoms with Crippen LogP contribution in [0.1, 0.15) is 70.3 Å². The van der Waals surface area contributed by atoms with Crippen LogP contribution in [0.25, 0.3) is 0 Å². The number of carbonyl (C=O) groups excluding carboxylic acids is 4. The zero-order valence-electron chi connectivity index (χ0n) is 22.3. The Kier molecular flexibility index (Phi) is 16.0. The van der Waals surface area contributed by atoms with Gasteiger partial charge < -0.3 is 25.4 Å². The van der Waals surface area contributed by atoms with Gasteiger partial charge in [0.05, 0.1) is 12.6 Å². The Balaban J connectivity index is 0.00000103. The molecule has 11 heteroatoms. The van der Waals surface area contributed by atoms with Gasteiger partial charge >= 0.3 is 0 Å². The Morgan fingerprint density at radius 1 is 1.19 bits per heavy atom. The Labute approximate surface area is 214 Å². The first-order valence-electron chi connectivity index (χ1n) is 12.2. The summed E-state index contributed by atoms with van der Waals surface area (Å²) in [5.41, 5.74) is 2.81. The molecule has 1 unspecified atom stereocenters. The van der Waals surface area contributed by atoms with Crippen molar-refractivity contribution < 1.29 is 29.2 Å². The third kappa shape index (κ3) is 11.1. The van der Waals surface area contributed by atoms with E-state index >= 15 is 0 Å². The number of aromatic hydroxyl groups is 1. The summed E-state index contributed by atoms with van der Waals surface area (Å²) >= 11 is 0. The largest absolute Gasteiger partial charge is 0.508 e. The molecule has 1 aromatic rings. The Morgan fingerprint density at radius 3 is 2.33 bits per heavy atom. The molecule has 0 aliphatic carbocycles. The van der Waals surface area contributed by atoms with Crippen molar-refractivity contribution in [3.05, 3.63) is 29.3 Å². The predicted octanol–water partition coefficient (Wildman–Crippen LogP) is 1.44. The summed E-state index contributed by atoms with van der Waals surface area (Å²) in [5, 5.41) is 15.2. The molecule has 2 atom stereocenters. The van der Waals surface area contributed by atoms with Crippen LogP contribution in [-0.2, 0) is 25.7 Å². The van der Waals surface area contributed by atoms with Gasteiger partial charge in [0.15, 0.2) is 0 Å². The summed E-state index contributed by atoms with van der Waals surface area (Å²) in [6.07, 6.45) is 3.50. The molecular weight excluding hydrogens is 466 g/mol. The van der Waals surface area contributed by atoms with E-state index in [1.54, 1.807) is 18.2 Å². The fourth-order valence-corrected chi connectivity index (χ4v) is 3.34. The molecule has 0 saturated carbocycles. The van der Waals surface area contributed by atoms with Gasteiger partial charge in [-0.2, -0.15) is 11.4 Å². The minimum absolute atomic E-state index is 0.0556. The van der Waals surface area contributed by atoms with Crippen molar-refractivity contribution in [3.63, 3.8) is 0 Å². The summed E-state index contributed by atoms with van der Waals surface area (Å²) < 4.78 is 0. The number of phenols is 1. The van der Waals surface area contributed by atoms with Gasteiger partial charge in [-0.1, -0.05) is 47.1 Å². The zero-order chi connectivity index (χ0) is 27.7. The first-order chi connectivity index (χ1) is 17.0. The minimum Gasteiger partial charge on any atom is -0.508 e. The van der Waals surface area contributed by atoms with Crippen molar-refractivity contribution in [2.45, 2.75) is 72.9 Å². The number of aldehydes is 1. The number of nitrogens with one attached hydrogen (secondary N) is 3. The molecule has 0 bridgehead atoms. The molecule has 3 amide bonds. The summed E-state index contributed by atoms with van der Waals surface area (Å²) in [4.78, 5) is 51.5. The molecule has 0 radical (unpaired) electrons. The van der Waals surface area contributed by atoms with Crippen molar-refractivity contribution in [3.8, 4) is 5.75 Å². The molecule has 0 aliphatic rings. The average Bonchev–Trinajstić information content (AvgIpc) is 2.84. The topological polar surface area (TPSA) is 163 Å². The second kappa shape index (κ2) is 17.4. The number of unbranched alkanes of at least 4 members (excludes halogenated alkanes) is 1. The van der Waals surface area contributed by atoms with Gasteiger partial charge in [0.25, 0.3) is 5.91 Å². The summed E-state index contributed by atoms with van der Waals surface area (Å²) in [6.45, 7) is 13.3. The zero-order valence-corrected chi connectivity index (χ0v) is 22.3. The first-order valence-corrected chi connectivity index (χ1v) is 12.2. The molecule has 204 valence electrons. The number of hydrogen-bond donors (Lipinski definition) is 5. The number of hydrogen-bond acceptors (Lipinski definition) is 8. The molecule has 0 aliphatic heterocycles. The van der Waals surface area contributed by atoms with E-state index in [1.165, 1.54) is 0 Å². The van der Waals surface area contributed by atoms with E-state index in [0.29, 0.717) is 43.3 Å². The number of hydroxylamine groups is 1. The third-order valence-electron chi connectivity index (χ3n) is 5.45. The summed E-state index contributed by atoms with van der Waals surface area (Å²) in [7, 11) is 0. The van der Waals surface area contributed by atoms with E-state index in [4.69, 9.17) is 0 Å². The standard InChI is InChI=1S/C21H34N2O3.C4H9N3O3/c1-7-10-14-23(9-3)20(26)18(21(4,5)6)22-19(25)16-12-11-13-17(24)15(16)8-2;5-10-7-1-4(2-8)6-3-9/h11-13,18,24H,7-10,14H2,1-6H3,(H,22,25);2-4,7H,1,5H2,(H,6,9)/t;4-/m.0/s1. The number of nitrogens with zero attached hydrogens (tertiary/aromatic N) is 1. The lowest BCUT2D eigenvalue weighted by molar-refractivity contribution is -0.135. The van der Waals surface area contributed by atoms with Crippen LogP contribution in [0.15, 0.2) is 18.2 Å². The second-order valence-electron chi connectivity index (χ2n) is 9.19. The van der Waals surface area contributed by atoms with Crippen LogP contribution in [0.3, 0.4) is 0 Å². The van der Waals surface area contributed by atoms with E-state index in [-0.39, 0.29) is 24.1 Å². The van der Waals surface area contributed by atoms with Crippen LogP contribution in [0.2, 0.25) is 0 Å². The number of likely N-dealkylation sites (N-methyl/N-ethyl adjacent to an activating group) is 1. The van der Waals surface area contributed by atoms with Gasteiger partial charge in [0, 0.05) is 24.2 Å². The number of carbonyl (C=O) groups is 4. The van der Waals surface area contributed by atoms with Gasteiger partial charge in [-0.05, 0) is 37.3 Å². The average molecular weight is 510 g/mol. The lowest BCUT2D eigenvalue weighted by Crippen LogP contribution is -2.55. The van der Waals surface area contributed by atoms with Gasteiger partial charge in [-0.25, -0.2) is 4.94 Å². The molecule has 36 heavy (non-hydrogen) atoms. The lowest BCUT2D eigenvalue weighted by Gasteiger charge is -2.35. The minimum atomic E-state index is -0.626.